The summed E-state index contributed by atoms with van der Waals surface area (Å²) >= 11 is 0. The van der Waals surface area contributed by atoms with E-state index in [4.69, 9.17) is 17.2 Å². The Balaban J connectivity index is 2.54. The number of aliphatic carboxylic acids is 2. The molecule has 0 aliphatic heterocycles. The number of carbonyl (C=O) groups excluding carboxylic acids is 2. The molecule has 14 nitrogen and oxygen atoms in total. The standard InChI is InChI=1S/C28H38N6O8S/c1-16-12-17(2)24(18(3)13-16)43(41,42)34(22(35)15-33-25(36)21(29)10-7-11-32-28(30)31)23(27(39)40)20(26(37)38)14-19-8-5-4-6-9-19/h4-6,8-9,12-13,20-21,23H,7,10-11,14-15,29H2,1-3H3,(H,33,36)(H,37,38)(H,39,40)(H4,30,31,32)/t20?,21-,23-/m0/s1. The molecule has 0 saturated carbocycles. The van der Waals surface area contributed by atoms with Gasteiger partial charge in [-0.2, -0.15) is 0 Å². The van der Waals surface area contributed by atoms with Crippen molar-refractivity contribution in [3.8, 4) is 0 Å². The molecule has 0 heterocycles. The summed E-state index contributed by atoms with van der Waals surface area (Å²) in [6, 6.07) is 7.61. The van der Waals surface area contributed by atoms with Gasteiger partial charge in [0, 0.05) is 6.54 Å². The third kappa shape index (κ3) is 9.24. The summed E-state index contributed by atoms with van der Waals surface area (Å²) in [5.74, 6) is -7.67. The van der Waals surface area contributed by atoms with E-state index in [1.807, 2.05) is 0 Å². The molecule has 0 aliphatic rings. The zero-order valence-electron chi connectivity index (χ0n) is 24.2. The number of hydrogen-bond donors (Lipinski definition) is 6. The maximum Gasteiger partial charge on any atom is 0.328 e. The maximum atomic E-state index is 14.1. The fourth-order valence-electron chi connectivity index (χ4n) is 4.77. The SMILES string of the molecule is Cc1cc(C)c(S(=O)(=O)N(C(=O)CNC(=O)[C@@H](N)CCCN=C(N)N)[C@H](C(=O)O)C(Cc2ccccc2)C(=O)O)c(C)c1. The van der Waals surface area contributed by atoms with Gasteiger partial charge in [0.05, 0.1) is 23.4 Å². The van der Waals surface area contributed by atoms with Crippen molar-refractivity contribution in [1.29, 1.82) is 0 Å². The summed E-state index contributed by atoms with van der Waals surface area (Å²) < 4.78 is 28.3. The van der Waals surface area contributed by atoms with Crippen molar-refractivity contribution in [1.82, 2.24) is 9.62 Å². The Hall–Kier alpha value is -4.50. The number of carbonyl (C=O) groups is 4. The summed E-state index contributed by atoms with van der Waals surface area (Å²) in [4.78, 5) is 54.8. The molecule has 0 saturated heterocycles. The molecule has 0 aliphatic carbocycles. The lowest BCUT2D eigenvalue weighted by Gasteiger charge is -2.33. The van der Waals surface area contributed by atoms with E-state index in [1.54, 1.807) is 49.4 Å². The van der Waals surface area contributed by atoms with Crippen molar-refractivity contribution in [2.45, 2.75) is 57.0 Å². The Morgan fingerprint density at radius 1 is 0.977 bits per heavy atom. The number of rotatable bonds is 15. The van der Waals surface area contributed by atoms with Gasteiger partial charge in [0.2, 0.25) is 5.91 Å². The van der Waals surface area contributed by atoms with Gasteiger partial charge >= 0.3 is 11.9 Å². The zero-order chi connectivity index (χ0) is 32.5. The number of benzene rings is 2. The van der Waals surface area contributed by atoms with Gasteiger partial charge in [-0.25, -0.2) is 17.5 Å². The Kier molecular flexibility index (Phi) is 12.2. The minimum absolute atomic E-state index is 0.0618. The van der Waals surface area contributed by atoms with Crippen LogP contribution >= 0.6 is 0 Å². The topological polar surface area (TPSA) is 249 Å². The van der Waals surface area contributed by atoms with Crippen LogP contribution in [0.2, 0.25) is 0 Å². The molecule has 0 fully saturated rings. The molecule has 2 amide bonds. The highest BCUT2D eigenvalue weighted by Crippen LogP contribution is 2.30. The van der Waals surface area contributed by atoms with Crippen molar-refractivity contribution >= 4 is 39.7 Å². The number of aryl methyl sites for hydroxylation is 3. The number of sulfonamides is 1. The van der Waals surface area contributed by atoms with Crippen LogP contribution in [-0.4, -0.2) is 77.8 Å². The number of hydrogen-bond acceptors (Lipinski definition) is 8. The van der Waals surface area contributed by atoms with Gasteiger partial charge in [-0.05, 0) is 56.7 Å². The van der Waals surface area contributed by atoms with E-state index in [-0.39, 0.29) is 39.3 Å². The first-order valence-corrected chi connectivity index (χ1v) is 14.7. The van der Waals surface area contributed by atoms with E-state index in [0.717, 1.165) is 5.56 Å². The molecule has 43 heavy (non-hydrogen) atoms. The second-order valence-corrected chi connectivity index (χ2v) is 11.9. The quantitative estimate of drug-likeness (QED) is 0.0882. The molecular weight excluding hydrogens is 580 g/mol. The van der Waals surface area contributed by atoms with Crippen molar-refractivity contribution in [2.75, 3.05) is 13.1 Å². The van der Waals surface area contributed by atoms with Crippen LogP contribution in [0.1, 0.15) is 35.1 Å². The van der Waals surface area contributed by atoms with Crippen LogP contribution < -0.4 is 22.5 Å². The zero-order valence-corrected chi connectivity index (χ0v) is 25.0. The first-order chi connectivity index (χ1) is 20.1. The smallest absolute Gasteiger partial charge is 0.328 e. The monoisotopic (exact) mass is 618 g/mol. The molecule has 2 rings (SSSR count). The molecule has 2 aromatic carbocycles. The van der Waals surface area contributed by atoms with Crippen LogP contribution in [0.4, 0.5) is 0 Å². The first kappa shape index (κ1) is 34.7. The largest absolute Gasteiger partial charge is 0.481 e. The normalized spacial score (nSPS) is 13.3. The number of aliphatic imine (C=N–C) groups is 1. The second kappa shape index (κ2) is 15.1. The third-order valence-corrected chi connectivity index (χ3v) is 8.70. The first-order valence-electron chi connectivity index (χ1n) is 13.3. The molecule has 2 aromatic rings. The second-order valence-electron chi connectivity index (χ2n) is 10.1. The average molecular weight is 619 g/mol. The molecular formula is C28H38N6O8S. The van der Waals surface area contributed by atoms with Crippen molar-refractivity contribution in [3.05, 3.63) is 64.7 Å². The lowest BCUT2D eigenvalue weighted by Crippen LogP contribution is -2.57. The average Bonchev–Trinajstić information content (AvgIpc) is 2.90. The number of nitrogens with one attached hydrogen (secondary N) is 1. The van der Waals surface area contributed by atoms with Crippen LogP contribution in [0, 0.1) is 26.7 Å². The van der Waals surface area contributed by atoms with E-state index in [9.17, 15) is 37.8 Å². The molecule has 0 spiro atoms. The van der Waals surface area contributed by atoms with E-state index < -0.39 is 64.7 Å². The van der Waals surface area contributed by atoms with Gasteiger partial charge in [0.1, 0.15) is 0 Å². The molecule has 3 atom stereocenters. The highest BCUT2D eigenvalue weighted by atomic mass is 32.2. The van der Waals surface area contributed by atoms with E-state index in [0.29, 0.717) is 12.0 Å². The predicted molar refractivity (Wildman–Crippen MR) is 158 cm³/mol. The van der Waals surface area contributed by atoms with Crippen LogP contribution in [-0.2, 0) is 35.6 Å². The van der Waals surface area contributed by atoms with Crippen LogP contribution in [0.3, 0.4) is 0 Å². The number of nitrogens with two attached hydrogens (primary N) is 3. The van der Waals surface area contributed by atoms with E-state index >= 15 is 0 Å². The molecule has 0 bridgehead atoms. The summed E-state index contributed by atoms with van der Waals surface area (Å²) in [6.45, 7) is 3.92. The van der Waals surface area contributed by atoms with Crippen LogP contribution in [0.25, 0.3) is 0 Å². The molecule has 15 heteroatoms. The van der Waals surface area contributed by atoms with Crippen molar-refractivity contribution in [3.63, 3.8) is 0 Å². The van der Waals surface area contributed by atoms with Gasteiger partial charge in [0.15, 0.2) is 12.0 Å². The predicted octanol–water partition coefficient (Wildman–Crippen LogP) is 0.0230. The lowest BCUT2D eigenvalue weighted by atomic mass is 9.92. The van der Waals surface area contributed by atoms with Gasteiger partial charge < -0.3 is 32.7 Å². The minimum Gasteiger partial charge on any atom is -0.481 e. The summed E-state index contributed by atoms with van der Waals surface area (Å²) in [5, 5.41) is 22.6. The Bertz CT molecular complexity index is 1450. The number of guanidine groups is 1. The fraction of sp³-hybridized carbons (Fsp3) is 0.393. The van der Waals surface area contributed by atoms with Crippen molar-refractivity contribution < 1.29 is 37.8 Å². The van der Waals surface area contributed by atoms with E-state index in [2.05, 4.69) is 10.3 Å². The molecule has 234 valence electrons. The van der Waals surface area contributed by atoms with Gasteiger partial charge in [-0.3, -0.25) is 19.4 Å². The molecule has 0 radical (unpaired) electrons. The van der Waals surface area contributed by atoms with Gasteiger partial charge in [0.25, 0.3) is 15.9 Å². The van der Waals surface area contributed by atoms with Gasteiger partial charge in [-0.15, -0.1) is 0 Å². The Labute approximate surface area is 250 Å². The lowest BCUT2D eigenvalue weighted by molar-refractivity contribution is -0.155. The molecule has 9 N–H and O–H groups in total. The number of nitrogens with zero attached hydrogens (tertiary/aromatic N) is 2. The summed E-state index contributed by atoms with van der Waals surface area (Å²) in [5.41, 5.74) is 18.0. The van der Waals surface area contributed by atoms with Crippen molar-refractivity contribution in [2.24, 2.45) is 28.1 Å². The van der Waals surface area contributed by atoms with Crippen LogP contribution in [0.15, 0.2) is 52.4 Å². The number of carboxylic acid groups (broad SMARTS) is 2. The summed E-state index contributed by atoms with van der Waals surface area (Å²) in [7, 11) is -4.97. The van der Waals surface area contributed by atoms with Crippen LogP contribution in [0.5, 0.6) is 0 Å². The Morgan fingerprint density at radius 2 is 1.56 bits per heavy atom. The number of carboxylic acids is 2. The highest BCUT2D eigenvalue weighted by Gasteiger charge is 2.47. The number of amides is 2. The summed E-state index contributed by atoms with van der Waals surface area (Å²) in [6.07, 6.45) is 0.0512. The maximum absolute atomic E-state index is 14.1. The third-order valence-electron chi connectivity index (χ3n) is 6.59. The fourth-order valence-corrected chi connectivity index (χ4v) is 6.77. The minimum atomic E-state index is -4.97. The highest BCUT2D eigenvalue weighted by molar-refractivity contribution is 7.89. The van der Waals surface area contributed by atoms with E-state index in [1.165, 1.54) is 13.8 Å². The molecule has 1 unspecified atom stereocenters. The van der Waals surface area contributed by atoms with Gasteiger partial charge in [-0.1, -0.05) is 48.0 Å². The molecule has 0 aromatic heterocycles. The Morgan fingerprint density at radius 3 is 2.07 bits per heavy atom.